The van der Waals surface area contributed by atoms with Crippen LogP contribution in [0.25, 0.3) is 11.1 Å². The van der Waals surface area contributed by atoms with E-state index >= 15 is 0 Å². The van der Waals surface area contributed by atoms with E-state index in [2.05, 4.69) is 62.4 Å². The molecule has 0 bridgehead atoms. The second kappa shape index (κ2) is 16.5. The minimum absolute atomic E-state index is 0.786. The first-order valence-corrected chi connectivity index (χ1v) is 17.0. The Morgan fingerprint density at radius 3 is 1.11 bits per heavy atom. The molecule has 0 amide bonds. The summed E-state index contributed by atoms with van der Waals surface area (Å²) in [4.78, 5) is 0. The Morgan fingerprint density at radius 2 is 0.763 bits per heavy atom. The molecule has 0 N–H and O–H groups in total. The molecule has 38 heavy (non-hydrogen) atoms. The summed E-state index contributed by atoms with van der Waals surface area (Å²) >= 11 is 0. The van der Waals surface area contributed by atoms with Crippen LogP contribution in [0.5, 0.6) is 0 Å². The van der Waals surface area contributed by atoms with Gasteiger partial charge in [0.1, 0.15) is 0 Å². The quantitative estimate of drug-likeness (QED) is 0.207. The number of rotatable bonds is 15. The highest BCUT2D eigenvalue weighted by Gasteiger charge is 2.23. The van der Waals surface area contributed by atoms with Crippen LogP contribution in [0.15, 0.2) is 48.5 Å². The molecule has 0 unspecified atom stereocenters. The van der Waals surface area contributed by atoms with Crippen molar-refractivity contribution in [2.75, 3.05) is 0 Å². The molecule has 0 radical (unpaired) electrons. The highest BCUT2D eigenvalue weighted by atomic mass is 14.3. The van der Waals surface area contributed by atoms with Crippen molar-refractivity contribution >= 4 is 0 Å². The van der Waals surface area contributed by atoms with Crippen molar-refractivity contribution in [2.24, 2.45) is 11.8 Å². The van der Waals surface area contributed by atoms with Crippen molar-refractivity contribution < 1.29 is 0 Å². The number of hydrogen-bond donors (Lipinski definition) is 0. The fourth-order valence-corrected chi connectivity index (χ4v) is 7.54. The average molecular weight is 515 g/mol. The van der Waals surface area contributed by atoms with Crippen LogP contribution in [0, 0.1) is 11.8 Å². The number of hydrogen-bond acceptors (Lipinski definition) is 0. The SMILES string of the molecule is CCCCCCCC1CCC(c2ccc(-c3ccc(C4CCC(CCCCCCC)CC4)cc3)cc2)CC1. The molecule has 0 aliphatic heterocycles. The van der Waals surface area contributed by atoms with E-state index in [4.69, 9.17) is 0 Å². The molecule has 2 aromatic carbocycles. The molecule has 0 heteroatoms. The van der Waals surface area contributed by atoms with Crippen LogP contribution in [0.3, 0.4) is 0 Å². The van der Waals surface area contributed by atoms with Crippen molar-refractivity contribution in [3.8, 4) is 11.1 Å². The Kier molecular flexibility index (Phi) is 12.8. The fourth-order valence-electron chi connectivity index (χ4n) is 7.54. The molecule has 0 heterocycles. The number of unbranched alkanes of at least 4 members (excludes halogenated alkanes) is 8. The number of benzene rings is 2. The predicted octanol–water partition coefficient (Wildman–Crippen LogP) is 12.6. The normalized spacial score (nSPS) is 23.9. The first-order chi connectivity index (χ1) is 18.8. The summed E-state index contributed by atoms with van der Waals surface area (Å²) in [5.74, 6) is 3.57. The molecule has 4 rings (SSSR count). The van der Waals surface area contributed by atoms with Crippen molar-refractivity contribution in [3.63, 3.8) is 0 Å². The van der Waals surface area contributed by atoms with Crippen molar-refractivity contribution in [1.82, 2.24) is 0 Å². The molecule has 210 valence electrons. The van der Waals surface area contributed by atoms with Gasteiger partial charge in [0.15, 0.2) is 0 Å². The van der Waals surface area contributed by atoms with Gasteiger partial charge in [-0.2, -0.15) is 0 Å². The zero-order valence-corrected chi connectivity index (χ0v) is 25.1. The first kappa shape index (κ1) is 29.4. The molecule has 2 aliphatic rings. The van der Waals surface area contributed by atoms with Crippen molar-refractivity contribution in [1.29, 1.82) is 0 Å². The van der Waals surface area contributed by atoms with Crippen LogP contribution < -0.4 is 0 Å². The van der Waals surface area contributed by atoms with Crippen LogP contribution >= 0.6 is 0 Å². The van der Waals surface area contributed by atoms with E-state index < -0.39 is 0 Å². The second-order valence-electron chi connectivity index (χ2n) is 13.1. The van der Waals surface area contributed by atoms with Gasteiger partial charge in [0, 0.05) is 0 Å². The van der Waals surface area contributed by atoms with Crippen LogP contribution in [0.4, 0.5) is 0 Å². The van der Waals surface area contributed by atoms with Gasteiger partial charge in [-0.3, -0.25) is 0 Å². The Morgan fingerprint density at radius 1 is 0.421 bits per heavy atom. The van der Waals surface area contributed by atoms with E-state index in [0.717, 1.165) is 23.7 Å². The highest BCUT2D eigenvalue weighted by molar-refractivity contribution is 5.64. The molecule has 2 saturated carbocycles. The second-order valence-corrected chi connectivity index (χ2v) is 13.1. The lowest BCUT2D eigenvalue weighted by Crippen LogP contribution is -2.13. The third-order valence-electron chi connectivity index (χ3n) is 10.2. The zero-order chi connectivity index (χ0) is 26.4. The largest absolute Gasteiger partial charge is 0.0654 e. The molecule has 0 atom stereocenters. The lowest BCUT2D eigenvalue weighted by Gasteiger charge is -2.29. The molecule has 0 nitrogen and oxygen atoms in total. The summed E-state index contributed by atoms with van der Waals surface area (Å²) in [6, 6.07) is 19.3. The summed E-state index contributed by atoms with van der Waals surface area (Å²) in [6.45, 7) is 4.62. The van der Waals surface area contributed by atoms with E-state index in [1.807, 2.05) is 0 Å². The van der Waals surface area contributed by atoms with Gasteiger partial charge in [-0.15, -0.1) is 0 Å². The molecule has 0 saturated heterocycles. The fraction of sp³-hybridized carbons (Fsp3) is 0.684. The summed E-state index contributed by atoms with van der Waals surface area (Å²) in [6.07, 6.45) is 28.6. The van der Waals surface area contributed by atoms with Crippen LogP contribution in [-0.2, 0) is 0 Å². The summed E-state index contributed by atoms with van der Waals surface area (Å²) < 4.78 is 0. The minimum atomic E-state index is 0.786. The summed E-state index contributed by atoms with van der Waals surface area (Å²) in [7, 11) is 0. The molecule has 2 fully saturated rings. The van der Waals surface area contributed by atoms with Gasteiger partial charge in [0.2, 0.25) is 0 Å². The van der Waals surface area contributed by atoms with Crippen molar-refractivity contribution in [3.05, 3.63) is 59.7 Å². The maximum absolute atomic E-state index is 2.43. The van der Waals surface area contributed by atoms with Crippen LogP contribution in [0.2, 0.25) is 0 Å². The average Bonchev–Trinajstić information content (AvgIpc) is 2.98. The monoisotopic (exact) mass is 514 g/mol. The van der Waals surface area contributed by atoms with Crippen molar-refractivity contribution in [2.45, 2.75) is 154 Å². The molecular formula is C38H58. The van der Waals surface area contributed by atoms with E-state index in [0.29, 0.717) is 0 Å². The van der Waals surface area contributed by atoms with Crippen LogP contribution in [-0.4, -0.2) is 0 Å². The van der Waals surface area contributed by atoms with E-state index in [1.165, 1.54) is 140 Å². The highest BCUT2D eigenvalue weighted by Crippen LogP contribution is 2.40. The zero-order valence-electron chi connectivity index (χ0n) is 25.1. The summed E-state index contributed by atoms with van der Waals surface area (Å²) in [5.41, 5.74) is 5.92. The molecule has 2 aromatic rings. The minimum Gasteiger partial charge on any atom is -0.0654 e. The van der Waals surface area contributed by atoms with Gasteiger partial charge in [0.05, 0.1) is 0 Å². The standard InChI is InChI=1S/C38H58/c1-3-5-7-9-11-13-31-15-19-33(20-16-31)35-23-27-37(28-24-35)38-29-25-36(26-30-38)34-21-17-32(18-22-34)14-12-10-8-6-4-2/h23-34H,3-22H2,1-2H3. The Labute approximate surface area is 236 Å². The molecule has 2 aliphatic carbocycles. The first-order valence-electron chi connectivity index (χ1n) is 17.0. The third-order valence-corrected chi connectivity index (χ3v) is 10.2. The van der Waals surface area contributed by atoms with Gasteiger partial charge >= 0.3 is 0 Å². The topological polar surface area (TPSA) is 0 Å². The van der Waals surface area contributed by atoms with Gasteiger partial charge in [-0.05, 0) is 97.3 Å². The van der Waals surface area contributed by atoms with E-state index in [9.17, 15) is 0 Å². The maximum atomic E-state index is 2.43. The van der Waals surface area contributed by atoms with Gasteiger partial charge in [-0.1, -0.05) is 139 Å². The molecule has 0 aromatic heterocycles. The Bertz CT molecular complexity index is 784. The predicted molar refractivity (Wildman–Crippen MR) is 168 cm³/mol. The molecule has 0 spiro atoms. The van der Waals surface area contributed by atoms with Gasteiger partial charge in [-0.25, -0.2) is 0 Å². The Hall–Kier alpha value is -1.56. The van der Waals surface area contributed by atoms with Gasteiger partial charge < -0.3 is 0 Å². The summed E-state index contributed by atoms with van der Waals surface area (Å²) in [5, 5.41) is 0. The molecular weight excluding hydrogens is 456 g/mol. The Balaban J connectivity index is 1.18. The van der Waals surface area contributed by atoms with Crippen LogP contribution in [0.1, 0.15) is 165 Å². The smallest absolute Gasteiger partial charge is 0.0162 e. The lowest BCUT2D eigenvalue weighted by molar-refractivity contribution is 0.302. The maximum Gasteiger partial charge on any atom is -0.0162 e. The van der Waals surface area contributed by atoms with E-state index in [-0.39, 0.29) is 0 Å². The van der Waals surface area contributed by atoms with Gasteiger partial charge in [0.25, 0.3) is 0 Å². The lowest BCUT2D eigenvalue weighted by atomic mass is 9.76. The van der Waals surface area contributed by atoms with E-state index in [1.54, 1.807) is 11.1 Å². The third kappa shape index (κ3) is 9.27.